The van der Waals surface area contributed by atoms with Crippen molar-refractivity contribution in [1.82, 2.24) is 4.90 Å². The van der Waals surface area contributed by atoms with Crippen LogP contribution in [0.3, 0.4) is 0 Å². The molecule has 1 amide bonds. The predicted molar refractivity (Wildman–Crippen MR) is 64.5 cm³/mol. The smallest absolute Gasteiger partial charge is 0.417 e. The van der Waals surface area contributed by atoms with Gasteiger partial charge in [0.25, 0.3) is 5.91 Å². The minimum Gasteiger partial charge on any atom is -0.480 e. The Labute approximate surface area is 117 Å². The third kappa shape index (κ3) is 2.99. The number of rotatable bonds is 2. The van der Waals surface area contributed by atoms with E-state index in [-0.39, 0.29) is 13.0 Å². The first-order chi connectivity index (χ1) is 9.71. The fourth-order valence-corrected chi connectivity index (χ4v) is 2.34. The maximum Gasteiger partial charge on any atom is 0.417 e. The van der Waals surface area contributed by atoms with Crippen LogP contribution in [0.4, 0.5) is 13.2 Å². The summed E-state index contributed by atoms with van der Waals surface area (Å²) in [4.78, 5) is 24.0. The Morgan fingerprint density at radius 2 is 1.86 bits per heavy atom. The van der Waals surface area contributed by atoms with Gasteiger partial charge >= 0.3 is 12.1 Å². The summed E-state index contributed by atoms with van der Waals surface area (Å²) in [5, 5.41) is 18.5. The molecular formula is C13H12F3NO4. The second-order valence-corrected chi connectivity index (χ2v) is 4.74. The number of hydrogen-bond acceptors (Lipinski definition) is 3. The third-order valence-corrected chi connectivity index (χ3v) is 3.29. The largest absolute Gasteiger partial charge is 0.480 e. The van der Waals surface area contributed by atoms with Crippen molar-refractivity contribution in [3.05, 3.63) is 35.4 Å². The SMILES string of the molecule is O=C(O)C1CC(O)CN1C(=O)c1ccccc1C(F)(F)F. The number of halogens is 3. The molecule has 2 unspecified atom stereocenters. The van der Waals surface area contributed by atoms with Crippen molar-refractivity contribution >= 4 is 11.9 Å². The molecule has 2 rings (SSSR count). The molecule has 0 saturated carbocycles. The Morgan fingerprint density at radius 1 is 1.24 bits per heavy atom. The number of likely N-dealkylation sites (tertiary alicyclic amines) is 1. The lowest BCUT2D eigenvalue weighted by atomic mass is 10.1. The molecule has 1 heterocycles. The summed E-state index contributed by atoms with van der Waals surface area (Å²) in [7, 11) is 0. The van der Waals surface area contributed by atoms with Crippen molar-refractivity contribution in [1.29, 1.82) is 0 Å². The van der Waals surface area contributed by atoms with Crippen LogP contribution in [-0.4, -0.2) is 45.7 Å². The molecule has 21 heavy (non-hydrogen) atoms. The number of carboxylic acids is 1. The maximum atomic E-state index is 12.9. The molecule has 1 aromatic carbocycles. The van der Waals surface area contributed by atoms with Gasteiger partial charge < -0.3 is 15.1 Å². The molecule has 1 aliphatic heterocycles. The quantitative estimate of drug-likeness (QED) is 0.865. The zero-order chi connectivity index (χ0) is 15.8. The topological polar surface area (TPSA) is 77.8 Å². The number of aliphatic carboxylic acids is 1. The minimum atomic E-state index is -4.72. The van der Waals surface area contributed by atoms with Gasteiger partial charge in [-0.25, -0.2) is 4.79 Å². The van der Waals surface area contributed by atoms with Gasteiger partial charge in [-0.1, -0.05) is 12.1 Å². The highest BCUT2D eigenvalue weighted by Crippen LogP contribution is 2.33. The van der Waals surface area contributed by atoms with Gasteiger partial charge in [-0.15, -0.1) is 0 Å². The van der Waals surface area contributed by atoms with Crippen LogP contribution in [-0.2, 0) is 11.0 Å². The van der Waals surface area contributed by atoms with Gasteiger partial charge in [0.1, 0.15) is 6.04 Å². The van der Waals surface area contributed by atoms with Gasteiger partial charge in [0.15, 0.2) is 0 Å². The maximum absolute atomic E-state index is 12.9. The Balaban J connectivity index is 2.39. The summed E-state index contributed by atoms with van der Waals surface area (Å²) in [6.45, 7) is -0.304. The van der Waals surface area contributed by atoms with Gasteiger partial charge in [-0.05, 0) is 12.1 Å². The van der Waals surface area contributed by atoms with Gasteiger partial charge in [-0.2, -0.15) is 13.2 Å². The predicted octanol–water partition coefficient (Wildman–Crippen LogP) is 1.37. The Morgan fingerprint density at radius 3 is 2.43 bits per heavy atom. The fourth-order valence-electron chi connectivity index (χ4n) is 2.34. The van der Waals surface area contributed by atoms with Crippen molar-refractivity contribution < 1.29 is 33.0 Å². The van der Waals surface area contributed by atoms with Gasteiger partial charge in [0, 0.05) is 13.0 Å². The molecule has 1 saturated heterocycles. The Kier molecular flexibility index (Phi) is 3.91. The number of aliphatic hydroxyl groups is 1. The van der Waals surface area contributed by atoms with E-state index in [2.05, 4.69) is 0 Å². The number of carbonyl (C=O) groups is 2. The number of nitrogens with zero attached hydrogens (tertiary/aromatic N) is 1. The lowest BCUT2D eigenvalue weighted by molar-refractivity contribution is -0.141. The average Bonchev–Trinajstić information content (AvgIpc) is 2.79. The van der Waals surface area contributed by atoms with Crippen molar-refractivity contribution in [2.75, 3.05) is 6.54 Å². The number of hydrogen-bond donors (Lipinski definition) is 2. The van der Waals surface area contributed by atoms with Crippen LogP contribution in [0.15, 0.2) is 24.3 Å². The zero-order valence-electron chi connectivity index (χ0n) is 10.7. The van der Waals surface area contributed by atoms with E-state index < -0.39 is 41.3 Å². The number of alkyl halides is 3. The first-order valence-corrected chi connectivity index (χ1v) is 6.10. The van der Waals surface area contributed by atoms with Gasteiger partial charge in [0.2, 0.25) is 0 Å². The molecule has 0 radical (unpaired) electrons. The molecule has 2 atom stereocenters. The second kappa shape index (κ2) is 5.36. The molecule has 5 nitrogen and oxygen atoms in total. The van der Waals surface area contributed by atoms with E-state index in [9.17, 15) is 27.9 Å². The van der Waals surface area contributed by atoms with E-state index in [0.29, 0.717) is 0 Å². The van der Waals surface area contributed by atoms with Crippen molar-refractivity contribution in [2.24, 2.45) is 0 Å². The van der Waals surface area contributed by atoms with Crippen molar-refractivity contribution in [3.8, 4) is 0 Å². The van der Waals surface area contributed by atoms with Gasteiger partial charge in [0.05, 0.1) is 17.2 Å². The first-order valence-electron chi connectivity index (χ1n) is 6.10. The Hall–Kier alpha value is -2.09. The van der Waals surface area contributed by atoms with Crippen molar-refractivity contribution in [2.45, 2.75) is 24.7 Å². The number of benzene rings is 1. The van der Waals surface area contributed by atoms with Crippen LogP contribution in [0.1, 0.15) is 22.3 Å². The van der Waals surface area contributed by atoms with E-state index in [4.69, 9.17) is 5.11 Å². The van der Waals surface area contributed by atoms with E-state index in [1.165, 1.54) is 6.07 Å². The van der Waals surface area contributed by atoms with Crippen molar-refractivity contribution in [3.63, 3.8) is 0 Å². The van der Waals surface area contributed by atoms with Crippen LogP contribution in [0.5, 0.6) is 0 Å². The highest BCUT2D eigenvalue weighted by molar-refractivity contribution is 5.98. The number of carbonyl (C=O) groups excluding carboxylic acids is 1. The number of aliphatic hydroxyl groups excluding tert-OH is 1. The lowest BCUT2D eigenvalue weighted by Gasteiger charge is -2.23. The highest BCUT2D eigenvalue weighted by Gasteiger charge is 2.42. The van der Waals surface area contributed by atoms with E-state index in [0.717, 1.165) is 23.1 Å². The summed E-state index contributed by atoms with van der Waals surface area (Å²) < 4.78 is 38.7. The van der Waals surface area contributed by atoms with Crippen LogP contribution in [0.25, 0.3) is 0 Å². The molecule has 2 N–H and O–H groups in total. The molecule has 114 valence electrons. The molecule has 1 aliphatic rings. The van der Waals surface area contributed by atoms with E-state index in [1.807, 2.05) is 0 Å². The highest BCUT2D eigenvalue weighted by atomic mass is 19.4. The molecule has 0 spiro atoms. The second-order valence-electron chi connectivity index (χ2n) is 4.74. The van der Waals surface area contributed by atoms with E-state index in [1.54, 1.807) is 0 Å². The number of carboxylic acid groups (broad SMARTS) is 1. The Bertz CT molecular complexity index is 573. The summed E-state index contributed by atoms with van der Waals surface area (Å²) in [5.41, 5.74) is -1.74. The van der Waals surface area contributed by atoms with Crippen LogP contribution >= 0.6 is 0 Å². The molecule has 0 aliphatic carbocycles. The third-order valence-electron chi connectivity index (χ3n) is 3.29. The fraction of sp³-hybridized carbons (Fsp3) is 0.385. The lowest BCUT2D eigenvalue weighted by Crippen LogP contribution is -2.41. The van der Waals surface area contributed by atoms with Crippen LogP contribution in [0, 0.1) is 0 Å². The average molecular weight is 303 g/mol. The molecule has 8 heteroatoms. The monoisotopic (exact) mass is 303 g/mol. The molecular weight excluding hydrogens is 291 g/mol. The molecule has 1 fully saturated rings. The minimum absolute atomic E-state index is 0.199. The summed E-state index contributed by atoms with van der Waals surface area (Å²) in [5.74, 6) is -2.41. The zero-order valence-corrected chi connectivity index (χ0v) is 10.7. The van der Waals surface area contributed by atoms with Crippen LogP contribution in [0.2, 0.25) is 0 Å². The number of amides is 1. The summed E-state index contributed by atoms with van der Waals surface area (Å²) in [6, 6.07) is 2.84. The summed E-state index contributed by atoms with van der Waals surface area (Å²) >= 11 is 0. The summed E-state index contributed by atoms with van der Waals surface area (Å²) in [6.07, 6.45) is -5.98. The normalized spacial score (nSPS) is 22.4. The first kappa shape index (κ1) is 15.3. The van der Waals surface area contributed by atoms with E-state index >= 15 is 0 Å². The molecule has 0 bridgehead atoms. The number of β-amino-alcohol motifs (C(OH)–C–C–N with tert-alkyl or cyclic N) is 1. The molecule has 1 aromatic rings. The molecule has 0 aromatic heterocycles. The van der Waals surface area contributed by atoms with Gasteiger partial charge in [-0.3, -0.25) is 4.79 Å². The standard InChI is InChI=1S/C13H12F3NO4/c14-13(15,16)9-4-2-1-3-8(9)11(19)17-6-7(18)5-10(17)12(20)21/h1-4,7,10,18H,5-6H2,(H,20,21). The van der Waals surface area contributed by atoms with Crippen LogP contribution < -0.4 is 0 Å².